The summed E-state index contributed by atoms with van der Waals surface area (Å²) in [6, 6.07) is 21.0. The van der Waals surface area contributed by atoms with Crippen LogP contribution in [-0.4, -0.2) is 23.5 Å². The van der Waals surface area contributed by atoms with Crippen LogP contribution in [0, 0.1) is 0 Å². The fraction of sp³-hybridized carbons (Fsp3) is 0.125. The van der Waals surface area contributed by atoms with E-state index in [4.69, 9.17) is 28.6 Å². The van der Waals surface area contributed by atoms with E-state index in [1.807, 2.05) is 6.92 Å². The Morgan fingerprint density at radius 3 is 2.31 bits per heavy atom. The number of halogens is 1. The molecule has 0 aliphatic heterocycles. The number of hydrogen-bond acceptors (Lipinski definition) is 4. The van der Waals surface area contributed by atoms with Gasteiger partial charge in [-0.3, -0.25) is 9.59 Å². The zero-order chi connectivity index (χ0) is 22.9. The van der Waals surface area contributed by atoms with Crippen LogP contribution in [0.2, 0.25) is 5.02 Å². The zero-order valence-corrected chi connectivity index (χ0v) is 18.9. The molecule has 2 amide bonds. The number of ether oxygens (including phenoxy) is 1. The predicted octanol–water partition coefficient (Wildman–Crippen LogP) is 5.05. The summed E-state index contributed by atoms with van der Waals surface area (Å²) in [5.74, 6) is 0.140. The third kappa shape index (κ3) is 6.80. The van der Waals surface area contributed by atoms with Crippen LogP contribution >= 0.6 is 23.8 Å². The second kappa shape index (κ2) is 11.3. The minimum Gasteiger partial charge on any atom is -0.494 e. The molecule has 3 rings (SSSR count). The first-order valence-corrected chi connectivity index (χ1v) is 10.7. The quantitative estimate of drug-likeness (QED) is 0.424. The number of carbonyl (C=O) groups is 2. The van der Waals surface area contributed by atoms with E-state index < -0.39 is 0 Å². The number of carbonyl (C=O) groups excluding carboxylic acids is 2. The van der Waals surface area contributed by atoms with Crippen molar-refractivity contribution < 1.29 is 14.3 Å². The summed E-state index contributed by atoms with van der Waals surface area (Å²) in [7, 11) is 0. The number of thiocarbonyl (C=S) groups is 1. The van der Waals surface area contributed by atoms with Gasteiger partial charge in [-0.15, -0.1) is 0 Å². The van der Waals surface area contributed by atoms with Gasteiger partial charge < -0.3 is 20.7 Å². The highest BCUT2D eigenvalue weighted by atomic mass is 35.5. The molecule has 0 bridgehead atoms. The monoisotopic (exact) mass is 467 g/mol. The van der Waals surface area contributed by atoms with Gasteiger partial charge in [-0.1, -0.05) is 35.9 Å². The van der Waals surface area contributed by atoms with E-state index in [2.05, 4.69) is 16.0 Å². The topological polar surface area (TPSA) is 79.5 Å². The highest BCUT2D eigenvalue weighted by Gasteiger charge is 2.13. The molecule has 0 atom stereocenters. The van der Waals surface area contributed by atoms with Crippen LogP contribution in [-0.2, 0) is 11.2 Å². The van der Waals surface area contributed by atoms with Crippen molar-refractivity contribution in [3.63, 3.8) is 0 Å². The first-order valence-electron chi connectivity index (χ1n) is 9.93. The van der Waals surface area contributed by atoms with Gasteiger partial charge in [-0.25, -0.2) is 0 Å². The van der Waals surface area contributed by atoms with E-state index in [1.54, 1.807) is 72.8 Å². The lowest BCUT2D eigenvalue weighted by molar-refractivity contribution is -0.119. The molecule has 0 aliphatic carbocycles. The lowest BCUT2D eigenvalue weighted by atomic mass is 10.1. The van der Waals surface area contributed by atoms with Crippen molar-refractivity contribution in [1.82, 2.24) is 5.32 Å². The fourth-order valence-electron chi connectivity index (χ4n) is 2.90. The van der Waals surface area contributed by atoms with Crippen LogP contribution in [0.5, 0.6) is 5.75 Å². The van der Waals surface area contributed by atoms with Crippen LogP contribution in [0.15, 0.2) is 72.8 Å². The molecule has 0 radical (unpaired) electrons. The predicted molar refractivity (Wildman–Crippen MR) is 132 cm³/mol. The summed E-state index contributed by atoms with van der Waals surface area (Å²) in [4.78, 5) is 25.1. The molecule has 0 aromatic heterocycles. The molecule has 3 aromatic carbocycles. The lowest BCUT2D eigenvalue weighted by Crippen LogP contribution is -2.35. The Kier molecular flexibility index (Phi) is 8.19. The molecule has 3 N–H and O–H groups in total. The molecule has 6 nitrogen and oxygen atoms in total. The second-order valence-electron chi connectivity index (χ2n) is 6.76. The molecule has 0 aliphatic rings. The minimum atomic E-state index is -0.312. The van der Waals surface area contributed by atoms with E-state index in [-0.39, 0.29) is 23.3 Å². The van der Waals surface area contributed by atoms with E-state index in [0.717, 1.165) is 11.3 Å². The average Bonchev–Trinajstić information content (AvgIpc) is 2.77. The second-order valence-corrected chi connectivity index (χ2v) is 7.61. The molecule has 0 spiro atoms. The number of benzene rings is 3. The van der Waals surface area contributed by atoms with Gasteiger partial charge in [0.1, 0.15) is 5.75 Å². The summed E-state index contributed by atoms with van der Waals surface area (Å²) < 4.78 is 5.41. The normalized spacial score (nSPS) is 10.2. The van der Waals surface area contributed by atoms with Gasteiger partial charge in [0.25, 0.3) is 5.91 Å². The van der Waals surface area contributed by atoms with Gasteiger partial charge in [-0.2, -0.15) is 0 Å². The van der Waals surface area contributed by atoms with E-state index in [0.29, 0.717) is 28.6 Å². The maximum atomic E-state index is 12.8. The zero-order valence-electron chi connectivity index (χ0n) is 17.4. The van der Waals surface area contributed by atoms with Gasteiger partial charge in [0.2, 0.25) is 5.91 Å². The maximum Gasteiger partial charge on any atom is 0.257 e. The van der Waals surface area contributed by atoms with Crippen molar-refractivity contribution in [1.29, 1.82) is 0 Å². The van der Waals surface area contributed by atoms with Gasteiger partial charge in [0, 0.05) is 10.7 Å². The highest BCUT2D eigenvalue weighted by molar-refractivity contribution is 7.80. The Morgan fingerprint density at radius 1 is 0.938 bits per heavy atom. The van der Waals surface area contributed by atoms with Crippen LogP contribution in [0.4, 0.5) is 11.4 Å². The number of amides is 2. The molecule has 0 saturated heterocycles. The van der Waals surface area contributed by atoms with Crippen LogP contribution in [0.1, 0.15) is 22.8 Å². The average molecular weight is 468 g/mol. The third-order valence-corrected chi connectivity index (χ3v) is 4.83. The van der Waals surface area contributed by atoms with Crippen LogP contribution < -0.4 is 20.7 Å². The van der Waals surface area contributed by atoms with Gasteiger partial charge >= 0.3 is 0 Å². The molecule has 164 valence electrons. The molecule has 0 fully saturated rings. The van der Waals surface area contributed by atoms with Crippen LogP contribution in [0.3, 0.4) is 0 Å². The van der Waals surface area contributed by atoms with E-state index in [9.17, 15) is 9.59 Å². The van der Waals surface area contributed by atoms with Gasteiger partial charge in [0.05, 0.1) is 24.3 Å². The fourth-order valence-corrected chi connectivity index (χ4v) is 3.25. The molecule has 32 heavy (non-hydrogen) atoms. The summed E-state index contributed by atoms with van der Waals surface area (Å²) in [5.41, 5.74) is 2.31. The Bertz CT molecular complexity index is 1100. The van der Waals surface area contributed by atoms with Crippen molar-refractivity contribution in [2.45, 2.75) is 13.3 Å². The lowest BCUT2D eigenvalue weighted by Gasteiger charge is -2.14. The van der Waals surface area contributed by atoms with Crippen molar-refractivity contribution in [2.75, 3.05) is 17.2 Å². The van der Waals surface area contributed by atoms with Crippen molar-refractivity contribution in [3.05, 3.63) is 88.9 Å². The molecular weight excluding hydrogens is 446 g/mol. The largest absolute Gasteiger partial charge is 0.494 e. The molecule has 0 unspecified atom stereocenters. The van der Waals surface area contributed by atoms with Crippen LogP contribution in [0.25, 0.3) is 0 Å². The first-order chi connectivity index (χ1) is 15.4. The summed E-state index contributed by atoms with van der Waals surface area (Å²) in [5, 5.41) is 9.10. The standard InChI is InChI=1S/C24H22ClN3O3S/c1-2-31-19-13-11-18(12-14-19)26-23(30)20-5-3-4-6-21(20)27-24(32)28-22(29)15-16-7-9-17(25)10-8-16/h3-14H,2,15H2,1H3,(H,26,30)(H2,27,28,29,32). The number of hydrogen-bond donors (Lipinski definition) is 3. The summed E-state index contributed by atoms with van der Waals surface area (Å²) in [6.07, 6.45) is 0.152. The Labute approximate surface area is 196 Å². The first kappa shape index (κ1) is 23.2. The number of rotatable bonds is 7. The van der Waals surface area contributed by atoms with Crippen molar-refractivity contribution >= 4 is 52.1 Å². The molecule has 0 saturated carbocycles. The van der Waals surface area contributed by atoms with Crippen molar-refractivity contribution in [2.24, 2.45) is 0 Å². The Hall–Kier alpha value is -3.42. The smallest absolute Gasteiger partial charge is 0.257 e. The number of para-hydroxylation sites is 1. The maximum absolute atomic E-state index is 12.8. The molecule has 0 heterocycles. The Morgan fingerprint density at radius 2 is 1.62 bits per heavy atom. The summed E-state index contributed by atoms with van der Waals surface area (Å²) >= 11 is 11.1. The van der Waals surface area contributed by atoms with E-state index >= 15 is 0 Å². The number of nitrogens with one attached hydrogen (secondary N) is 3. The van der Waals surface area contributed by atoms with Crippen molar-refractivity contribution in [3.8, 4) is 5.75 Å². The minimum absolute atomic E-state index is 0.102. The summed E-state index contributed by atoms with van der Waals surface area (Å²) in [6.45, 7) is 2.48. The van der Waals surface area contributed by atoms with Gasteiger partial charge in [0.15, 0.2) is 5.11 Å². The third-order valence-electron chi connectivity index (χ3n) is 4.37. The molecular formula is C24H22ClN3O3S. The number of anilines is 2. The molecule has 3 aromatic rings. The Balaban J connectivity index is 1.61. The molecule has 8 heteroatoms. The van der Waals surface area contributed by atoms with E-state index in [1.165, 1.54) is 0 Å². The SMILES string of the molecule is CCOc1ccc(NC(=O)c2ccccc2NC(=S)NC(=O)Cc2ccc(Cl)cc2)cc1. The van der Waals surface area contributed by atoms with Gasteiger partial charge in [-0.05, 0) is 73.2 Å². The highest BCUT2D eigenvalue weighted by Crippen LogP contribution is 2.20.